The Labute approximate surface area is 137 Å². The van der Waals surface area contributed by atoms with Gasteiger partial charge in [0.25, 0.3) is 0 Å². The van der Waals surface area contributed by atoms with Gasteiger partial charge in [0.15, 0.2) is 11.6 Å². The Balaban J connectivity index is 2.09. The van der Waals surface area contributed by atoms with Gasteiger partial charge in [-0.2, -0.15) is 0 Å². The quantitative estimate of drug-likeness (QED) is 0.636. The maximum Gasteiger partial charge on any atom is 0.308 e. The molecule has 0 aliphatic heterocycles. The minimum absolute atomic E-state index is 0.0494. The molecule has 3 N–H and O–H groups in total. The van der Waals surface area contributed by atoms with E-state index >= 15 is 0 Å². The van der Waals surface area contributed by atoms with Gasteiger partial charge in [-0.3, -0.25) is 14.4 Å². The fourth-order valence-electron chi connectivity index (χ4n) is 2.70. The number of benzene rings is 2. The maximum absolute atomic E-state index is 12.8. The fourth-order valence-corrected chi connectivity index (χ4v) is 2.70. The van der Waals surface area contributed by atoms with Gasteiger partial charge in [-0.05, 0) is 12.1 Å². The third-order valence-electron chi connectivity index (χ3n) is 4.07. The van der Waals surface area contributed by atoms with E-state index in [-0.39, 0.29) is 40.3 Å². The molecular formula is C18H15NO5. The fraction of sp³-hybridized carbons (Fsp3) is 0.167. The Morgan fingerprint density at radius 3 is 2.21 bits per heavy atom. The summed E-state index contributed by atoms with van der Waals surface area (Å²) in [6.45, 7) is 1.63. The van der Waals surface area contributed by atoms with Crippen LogP contribution in [-0.2, 0) is 4.79 Å². The van der Waals surface area contributed by atoms with Crippen LogP contribution in [0.15, 0.2) is 36.4 Å². The number of phenolic OH excluding ortho intramolecular Hbond substituents is 1. The smallest absolute Gasteiger partial charge is 0.308 e. The molecule has 0 aromatic heterocycles. The molecule has 0 radical (unpaired) electrons. The largest absolute Gasteiger partial charge is 0.507 e. The highest BCUT2D eigenvalue weighted by Gasteiger charge is 2.33. The Kier molecular flexibility index (Phi) is 3.81. The lowest BCUT2D eigenvalue weighted by Gasteiger charge is -2.22. The van der Waals surface area contributed by atoms with Crippen LogP contribution in [0.4, 0.5) is 5.69 Å². The molecule has 1 aliphatic rings. The number of anilines is 1. The van der Waals surface area contributed by atoms with Gasteiger partial charge < -0.3 is 15.5 Å². The van der Waals surface area contributed by atoms with E-state index in [1.165, 1.54) is 19.1 Å². The number of aliphatic carboxylic acids is 1. The molecule has 1 unspecified atom stereocenters. The van der Waals surface area contributed by atoms with Crippen LogP contribution in [0, 0.1) is 5.92 Å². The summed E-state index contributed by atoms with van der Waals surface area (Å²) in [6.07, 6.45) is 0. The van der Waals surface area contributed by atoms with Gasteiger partial charge in [-0.1, -0.05) is 31.2 Å². The van der Waals surface area contributed by atoms with Crippen LogP contribution in [0.25, 0.3) is 0 Å². The second-order valence-corrected chi connectivity index (χ2v) is 5.71. The number of rotatable bonds is 4. The molecule has 3 rings (SSSR count). The van der Waals surface area contributed by atoms with Crippen molar-refractivity contribution >= 4 is 23.2 Å². The number of nitrogens with one attached hydrogen (secondary N) is 1. The molecule has 0 amide bonds. The summed E-state index contributed by atoms with van der Waals surface area (Å²) in [5.74, 6) is -2.71. The van der Waals surface area contributed by atoms with E-state index in [9.17, 15) is 19.5 Å². The molecule has 24 heavy (non-hydrogen) atoms. The zero-order chi connectivity index (χ0) is 17.4. The Morgan fingerprint density at radius 2 is 1.62 bits per heavy atom. The average molecular weight is 325 g/mol. The monoisotopic (exact) mass is 325 g/mol. The number of aromatic hydroxyl groups is 1. The first-order valence-corrected chi connectivity index (χ1v) is 7.43. The molecule has 0 heterocycles. The van der Waals surface area contributed by atoms with Crippen molar-refractivity contribution in [2.24, 2.45) is 5.92 Å². The van der Waals surface area contributed by atoms with E-state index in [1.807, 2.05) is 0 Å². The molecule has 0 fully saturated rings. The number of hydrogen-bond acceptors (Lipinski definition) is 5. The molecule has 122 valence electrons. The molecule has 1 aliphatic carbocycles. The first-order valence-electron chi connectivity index (χ1n) is 7.43. The highest BCUT2D eigenvalue weighted by atomic mass is 16.4. The van der Waals surface area contributed by atoms with Crippen molar-refractivity contribution in [2.75, 3.05) is 11.9 Å². The molecule has 2 aromatic rings. The highest BCUT2D eigenvalue weighted by molar-refractivity contribution is 6.31. The minimum atomic E-state index is -0.970. The summed E-state index contributed by atoms with van der Waals surface area (Å²) in [5.41, 5.74) is 0.892. The summed E-state index contributed by atoms with van der Waals surface area (Å²) >= 11 is 0. The predicted molar refractivity (Wildman–Crippen MR) is 86.7 cm³/mol. The van der Waals surface area contributed by atoms with Gasteiger partial charge >= 0.3 is 5.97 Å². The maximum atomic E-state index is 12.8. The Morgan fingerprint density at radius 1 is 1.04 bits per heavy atom. The molecular weight excluding hydrogens is 310 g/mol. The van der Waals surface area contributed by atoms with Crippen molar-refractivity contribution in [3.63, 3.8) is 0 Å². The normalized spacial score (nSPS) is 13.9. The van der Waals surface area contributed by atoms with Gasteiger partial charge in [-0.15, -0.1) is 0 Å². The van der Waals surface area contributed by atoms with Crippen molar-refractivity contribution in [1.29, 1.82) is 0 Å². The van der Waals surface area contributed by atoms with Crippen LogP contribution in [0.3, 0.4) is 0 Å². The third kappa shape index (κ3) is 2.42. The third-order valence-corrected chi connectivity index (χ3v) is 4.07. The van der Waals surface area contributed by atoms with Crippen molar-refractivity contribution in [1.82, 2.24) is 0 Å². The van der Waals surface area contributed by atoms with Crippen molar-refractivity contribution in [3.05, 3.63) is 58.7 Å². The topological polar surface area (TPSA) is 104 Å². The standard InChI is InChI=1S/C18H15NO5/c1-9(18(23)24)8-19-12-6-7-13(20)15-14(12)16(21)10-4-2-3-5-11(10)17(15)22/h2-7,9,19-20H,8H2,1H3,(H,23,24). The van der Waals surface area contributed by atoms with Gasteiger partial charge in [0, 0.05) is 23.4 Å². The van der Waals surface area contributed by atoms with Gasteiger partial charge in [0.1, 0.15) is 5.75 Å². The molecule has 2 aromatic carbocycles. The number of ketones is 2. The van der Waals surface area contributed by atoms with Crippen molar-refractivity contribution in [3.8, 4) is 5.75 Å². The number of hydrogen-bond donors (Lipinski definition) is 3. The molecule has 6 heteroatoms. The Hall–Kier alpha value is -3.15. The van der Waals surface area contributed by atoms with Crippen LogP contribution in [0.1, 0.15) is 38.8 Å². The lowest BCUT2D eigenvalue weighted by Crippen LogP contribution is -2.25. The number of fused-ring (bicyclic) bond motifs is 2. The summed E-state index contributed by atoms with van der Waals surface area (Å²) in [7, 11) is 0. The zero-order valence-electron chi connectivity index (χ0n) is 12.9. The van der Waals surface area contributed by atoms with Crippen molar-refractivity contribution in [2.45, 2.75) is 6.92 Å². The number of carbonyl (C=O) groups is 3. The zero-order valence-corrected chi connectivity index (χ0v) is 12.9. The molecule has 0 saturated heterocycles. The minimum Gasteiger partial charge on any atom is -0.507 e. The second kappa shape index (κ2) is 5.81. The highest BCUT2D eigenvalue weighted by Crippen LogP contribution is 2.36. The van der Waals surface area contributed by atoms with Gasteiger partial charge in [0.2, 0.25) is 0 Å². The van der Waals surface area contributed by atoms with Crippen LogP contribution in [-0.4, -0.2) is 34.3 Å². The van der Waals surface area contributed by atoms with E-state index in [2.05, 4.69) is 5.32 Å². The predicted octanol–water partition coefficient (Wildman–Crippen LogP) is 2.30. The van der Waals surface area contributed by atoms with E-state index < -0.39 is 17.7 Å². The lowest BCUT2D eigenvalue weighted by molar-refractivity contribution is -0.140. The number of phenols is 1. The molecule has 0 spiro atoms. The second-order valence-electron chi connectivity index (χ2n) is 5.71. The lowest BCUT2D eigenvalue weighted by atomic mass is 9.82. The van der Waals surface area contributed by atoms with Crippen LogP contribution < -0.4 is 5.32 Å². The summed E-state index contributed by atoms with van der Waals surface area (Å²) < 4.78 is 0. The van der Waals surface area contributed by atoms with Crippen molar-refractivity contribution < 1.29 is 24.6 Å². The van der Waals surface area contributed by atoms with E-state index in [1.54, 1.807) is 24.3 Å². The van der Waals surface area contributed by atoms with Gasteiger partial charge in [0.05, 0.1) is 17.0 Å². The summed E-state index contributed by atoms with van der Waals surface area (Å²) in [5, 5.41) is 21.9. The molecule has 0 saturated carbocycles. The Bertz CT molecular complexity index is 872. The number of carbonyl (C=O) groups excluding carboxylic acids is 2. The summed E-state index contributed by atoms with van der Waals surface area (Å²) in [4.78, 5) is 36.4. The number of carboxylic acid groups (broad SMARTS) is 1. The molecule has 1 atom stereocenters. The molecule has 6 nitrogen and oxygen atoms in total. The van der Waals surface area contributed by atoms with Crippen LogP contribution >= 0.6 is 0 Å². The van der Waals surface area contributed by atoms with Gasteiger partial charge in [-0.25, -0.2) is 0 Å². The molecule has 0 bridgehead atoms. The van der Waals surface area contributed by atoms with E-state index in [0.717, 1.165) is 0 Å². The first-order chi connectivity index (χ1) is 11.4. The number of carboxylic acids is 1. The SMILES string of the molecule is CC(CNc1ccc(O)c2c1C(=O)c1ccccc1C2=O)C(=O)O. The average Bonchev–Trinajstić information content (AvgIpc) is 2.58. The summed E-state index contributed by atoms with van der Waals surface area (Å²) in [6, 6.07) is 9.23. The first kappa shape index (κ1) is 15.7. The van der Waals surface area contributed by atoms with E-state index in [0.29, 0.717) is 5.69 Å². The van der Waals surface area contributed by atoms with Crippen LogP contribution in [0.2, 0.25) is 0 Å². The van der Waals surface area contributed by atoms with Crippen LogP contribution in [0.5, 0.6) is 5.75 Å². The van der Waals surface area contributed by atoms with E-state index in [4.69, 9.17) is 5.11 Å².